The van der Waals surface area contributed by atoms with Crippen molar-refractivity contribution in [3.8, 4) is 0 Å². The van der Waals surface area contributed by atoms with Crippen LogP contribution in [0.3, 0.4) is 0 Å². The Labute approximate surface area is 100 Å². The number of hydrogen-bond donors (Lipinski definition) is 2. The Balaban J connectivity index is 2.79. The van der Waals surface area contributed by atoms with Gasteiger partial charge in [0.25, 0.3) is 11.6 Å². The van der Waals surface area contributed by atoms with Crippen molar-refractivity contribution in [3.63, 3.8) is 0 Å². The number of hydrogen-bond acceptors (Lipinski definition) is 5. The number of para-hydroxylation sites is 1. The minimum Gasteiger partial charge on any atom is -0.363 e. The number of benzene rings is 1. The largest absolute Gasteiger partial charge is 0.363 e. The van der Waals surface area contributed by atoms with Crippen LogP contribution in [-0.4, -0.2) is 22.1 Å². The maximum atomic E-state index is 10.7. The third-order valence-electron chi connectivity index (χ3n) is 1.71. The highest BCUT2D eigenvalue weighted by molar-refractivity contribution is 5.86. The van der Waals surface area contributed by atoms with Crippen LogP contribution >= 0.6 is 0 Å². The van der Waals surface area contributed by atoms with Gasteiger partial charge < -0.3 is 5.73 Å². The Morgan fingerprint density at radius 1 is 1.33 bits per heavy atom. The van der Waals surface area contributed by atoms with Crippen molar-refractivity contribution in [1.82, 2.24) is 5.43 Å². The normalized spacial score (nSPS) is 11.4. The second-order valence-corrected chi connectivity index (χ2v) is 2.91. The van der Waals surface area contributed by atoms with E-state index in [1.54, 1.807) is 6.07 Å². The third kappa shape index (κ3) is 3.84. The van der Waals surface area contributed by atoms with E-state index in [0.717, 1.165) is 6.21 Å². The summed E-state index contributed by atoms with van der Waals surface area (Å²) in [5, 5.41) is 25.8. The monoisotopic (exact) mass is 252 g/mol. The first-order chi connectivity index (χ1) is 8.50. The van der Waals surface area contributed by atoms with E-state index in [-0.39, 0.29) is 11.3 Å². The summed E-state index contributed by atoms with van der Waals surface area (Å²) in [6, 6.07) is 5.86. The fourth-order valence-electron chi connectivity index (χ4n) is 1.04. The van der Waals surface area contributed by atoms with Crippen molar-refractivity contribution in [3.05, 3.63) is 50.1 Å². The van der Waals surface area contributed by atoms with Gasteiger partial charge in [-0.3, -0.25) is 10.1 Å². The zero-order chi connectivity index (χ0) is 13.5. The molecule has 0 unspecified atom stereocenters. The first-order valence-corrected chi connectivity index (χ1v) is 4.51. The van der Waals surface area contributed by atoms with E-state index in [0.29, 0.717) is 0 Å². The molecule has 0 saturated heterocycles. The number of nitrogens with zero attached hydrogens (tertiary/aromatic N) is 4. The van der Waals surface area contributed by atoms with Gasteiger partial charge in [-0.25, -0.2) is 15.5 Å². The van der Waals surface area contributed by atoms with Gasteiger partial charge in [-0.05, 0) is 6.07 Å². The lowest BCUT2D eigenvalue weighted by molar-refractivity contribution is -0.485. The first-order valence-electron chi connectivity index (χ1n) is 4.51. The zero-order valence-electron chi connectivity index (χ0n) is 8.89. The van der Waals surface area contributed by atoms with Crippen molar-refractivity contribution in [2.75, 3.05) is 0 Å². The molecule has 1 aromatic rings. The van der Waals surface area contributed by atoms with Crippen LogP contribution in [0.1, 0.15) is 5.56 Å². The predicted molar refractivity (Wildman–Crippen MR) is 62.4 cm³/mol. The van der Waals surface area contributed by atoms with E-state index in [1.807, 2.05) is 0 Å². The molecule has 94 valence electrons. The van der Waals surface area contributed by atoms with E-state index in [4.69, 9.17) is 5.73 Å². The molecule has 1 aromatic carbocycles. The lowest BCUT2D eigenvalue weighted by Gasteiger charge is -1.96. The number of rotatable bonds is 4. The molecule has 0 saturated carbocycles. The van der Waals surface area contributed by atoms with Crippen LogP contribution in [0.5, 0.6) is 0 Å². The predicted octanol–water partition coefficient (Wildman–Crippen LogP) is 0.0247. The van der Waals surface area contributed by atoms with Crippen LogP contribution in [0.15, 0.2) is 34.5 Å². The molecule has 0 heterocycles. The van der Waals surface area contributed by atoms with Crippen LogP contribution in [0.2, 0.25) is 0 Å². The quantitative estimate of drug-likeness (QED) is 0.334. The van der Waals surface area contributed by atoms with Crippen LogP contribution in [0, 0.1) is 20.2 Å². The average Bonchev–Trinajstić information content (AvgIpc) is 2.28. The average molecular weight is 252 g/mol. The van der Waals surface area contributed by atoms with Gasteiger partial charge in [0.2, 0.25) is 0 Å². The maximum Gasteiger partial charge on any atom is 0.286 e. The molecule has 0 bridgehead atoms. The van der Waals surface area contributed by atoms with Gasteiger partial charge in [0, 0.05) is 6.07 Å². The fraction of sp³-hybridized carbons (Fsp3) is 0. The van der Waals surface area contributed by atoms with Gasteiger partial charge in [0.15, 0.2) is 5.03 Å². The molecule has 0 aliphatic rings. The lowest BCUT2D eigenvalue weighted by atomic mass is 10.2. The van der Waals surface area contributed by atoms with Crippen molar-refractivity contribution in [1.29, 1.82) is 0 Å². The van der Waals surface area contributed by atoms with Gasteiger partial charge >= 0.3 is 0 Å². The first kappa shape index (κ1) is 13.0. The van der Waals surface area contributed by atoms with E-state index in [9.17, 15) is 20.2 Å². The third-order valence-corrected chi connectivity index (χ3v) is 1.71. The van der Waals surface area contributed by atoms with Crippen molar-refractivity contribution in [2.24, 2.45) is 15.9 Å². The lowest BCUT2D eigenvalue weighted by Crippen LogP contribution is -2.28. The van der Waals surface area contributed by atoms with Crippen LogP contribution in [0.4, 0.5) is 5.69 Å². The summed E-state index contributed by atoms with van der Waals surface area (Å²) in [4.78, 5) is 20.0. The highest BCUT2D eigenvalue weighted by Crippen LogP contribution is 2.14. The van der Waals surface area contributed by atoms with Crippen LogP contribution in [-0.2, 0) is 0 Å². The number of guanidine groups is 1. The highest BCUT2D eigenvalue weighted by atomic mass is 16.7. The van der Waals surface area contributed by atoms with Crippen molar-refractivity contribution >= 4 is 17.9 Å². The van der Waals surface area contributed by atoms with E-state index >= 15 is 0 Å². The summed E-state index contributed by atoms with van der Waals surface area (Å²) in [6.45, 7) is 0. The van der Waals surface area contributed by atoms with E-state index < -0.39 is 15.9 Å². The summed E-state index contributed by atoms with van der Waals surface area (Å²) in [6.07, 6.45) is 1.11. The summed E-state index contributed by atoms with van der Waals surface area (Å²) in [7, 11) is 0. The Morgan fingerprint density at radius 2 is 2.00 bits per heavy atom. The topological polar surface area (TPSA) is 149 Å². The van der Waals surface area contributed by atoms with Crippen molar-refractivity contribution < 1.29 is 9.96 Å². The SMILES string of the molecule is N/C(=N/[N+](=O)[O-])N/N=C/c1ccccc1[N+](=O)[O-]. The van der Waals surface area contributed by atoms with Gasteiger partial charge in [-0.1, -0.05) is 12.1 Å². The summed E-state index contributed by atoms with van der Waals surface area (Å²) in [5.41, 5.74) is 7.23. The minimum atomic E-state index is -0.997. The molecule has 10 nitrogen and oxygen atoms in total. The van der Waals surface area contributed by atoms with E-state index in [1.165, 1.54) is 18.2 Å². The molecule has 0 aromatic heterocycles. The van der Waals surface area contributed by atoms with Gasteiger partial charge in [-0.2, -0.15) is 5.10 Å². The number of nitro benzene ring substituents is 1. The minimum absolute atomic E-state index is 0.146. The number of nitro groups is 2. The van der Waals surface area contributed by atoms with Crippen molar-refractivity contribution in [2.45, 2.75) is 0 Å². The Kier molecular flexibility index (Phi) is 4.26. The summed E-state index contributed by atoms with van der Waals surface area (Å²) >= 11 is 0. The highest BCUT2D eigenvalue weighted by Gasteiger charge is 2.09. The number of hydrazone groups is 2. The van der Waals surface area contributed by atoms with E-state index in [2.05, 4.69) is 15.6 Å². The summed E-state index contributed by atoms with van der Waals surface area (Å²) in [5.74, 6) is -0.533. The Hall–Kier alpha value is -3.04. The smallest absolute Gasteiger partial charge is 0.286 e. The second-order valence-electron chi connectivity index (χ2n) is 2.91. The molecule has 10 heteroatoms. The van der Waals surface area contributed by atoms with Gasteiger partial charge in [-0.15, -0.1) is 0 Å². The molecule has 0 fully saturated rings. The number of nitrogens with two attached hydrogens (primary N) is 1. The molecule has 0 aliphatic carbocycles. The molecule has 1 rings (SSSR count). The fourth-order valence-corrected chi connectivity index (χ4v) is 1.04. The Morgan fingerprint density at radius 3 is 2.61 bits per heavy atom. The summed E-state index contributed by atoms with van der Waals surface area (Å²) < 4.78 is 0. The Bertz CT molecular complexity index is 526. The van der Waals surface area contributed by atoms with Crippen LogP contribution in [0.25, 0.3) is 0 Å². The molecule has 0 radical (unpaired) electrons. The molecule has 0 aliphatic heterocycles. The molecular formula is C8H8N6O4. The van der Waals surface area contributed by atoms with Gasteiger partial charge in [0.05, 0.1) is 16.7 Å². The molecule has 0 atom stereocenters. The molecular weight excluding hydrogens is 244 g/mol. The zero-order valence-corrected chi connectivity index (χ0v) is 8.89. The maximum absolute atomic E-state index is 10.7. The second kappa shape index (κ2) is 5.89. The van der Waals surface area contributed by atoms with Crippen LogP contribution < -0.4 is 11.2 Å². The molecule has 3 N–H and O–H groups in total. The molecule has 18 heavy (non-hydrogen) atoms. The number of nitrogens with one attached hydrogen (secondary N) is 1. The molecule has 0 amide bonds. The molecule has 0 spiro atoms. The van der Waals surface area contributed by atoms with Gasteiger partial charge in [0.1, 0.15) is 5.10 Å². The standard InChI is InChI=1S/C8H8N6O4/c9-8(12-14(17)18)11-10-5-6-3-1-2-4-7(6)13(15)16/h1-5H,(H3,9,11,12)/b10-5+.